The maximum Gasteiger partial charge on any atom is 0.253 e. The molecule has 0 unspecified atom stereocenters. The van der Waals surface area contributed by atoms with Crippen LogP contribution < -0.4 is 5.32 Å². The Balaban J connectivity index is 1.79. The fraction of sp³-hybridized carbons (Fsp3) is 0.150. The fourth-order valence-corrected chi connectivity index (χ4v) is 4.65. The van der Waals surface area contributed by atoms with Gasteiger partial charge in [0.05, 0.1) is 22.0 Å². The molecule has 28 heavy (non-hydrogen) atoms. The third kappa shape index (κ3) is 4.80. The van der Waals surface area contributed by atoms with Crippen LogP contribution in [-0.2, 0) is 23.1 Å². The van der Waals surface area contributed by atoms with E-state index in [-0.39, 0.29) is 22.0 Å². The van der Waals surface area contributed by atoms with E-state index in [1.165, 1.54) is 40.9 Å². The van der Waals surface area contributed by atoms with Crippen LogP contribution in [0.1, 0.15) is 20.8 Å². The predicted molar refractivity (Wildman–Crippen MR) is 112 cm³/mol. The molecular formula is C20H19ClN2O3S2. The molecule has 0 fully saturated rings. The molecule has 3 rings (SSSR count). The molecule has 0 saturated heterocycles. The number of halogens is 1. The molecule has 5 nitrogen and oxygen atoms in total. The number of carbonyl (C=O) groups excluding carboxylic acids is 1. The lowest BCUT2D eigenvalue weighted by Crippen LogP contribution is -2.27. The zero-order valence-electron chi connectivity index (χ0n) is 15.1. The monoisotopic (exact) mass is 434 g/mol. The lowest BCUT2D eigenvalue weighted by molar-refractivity contribution is 0.0951. The van der Waals surface area contributed by atoms with Gasteiger partial charge in [-0.15, -0.1) is 11.3 Å². The number of nitrogens with one attached hydrogen (secondary N) is 1. The number of nitrogens with zero attached hydrogens (tertiary/aromatic N) is 1. The highest BCUT2D eigenvalue weighted by Gasteiger charge is 2.23. The van der Waals surface area contributed by atoms with Crippen LogP contribution in [0.2, 0.25) is 5.02 Å². The topological polar surface area (TPSA) is 66.5 Å². The standard InChI is InChI=1S/C20H19ClN2O3S2/c1-23(14-15-6-3-2-4-7-15)28(25,26)17-9-10-19(21)18(12-17)20(24)22-13-16-8-5-11-27-16/h2-12H,13-14H2,1H3,(H,22,24). The van der Waals surface area contributed by atoms with Crippen molar-refractivity contribution in [3.05, 3.63) is 87.1 Å². The normalized spacial score (nSPS) is 11.5. The number of benzene rings is 2. The van der Waals surface area contributed by atoms with E-state index in [1.807, 2.05) is 47.8 Å². The van der Waals surface area contributed by atoms with E-state index >= 15 is 0 Å². The second-order valence-electron chi connectivity index (χ2n) is 6.15. The average molecular weight is 435 g/mol. The van der Waals surface area contributed by atoms with Crippen molar-refractivity contribution in [2.75, 3.05) is 7.05 Å². The van der Waals surface area contributed by atoms with E-state index in [0.717, 1.165) is 10.4 Å². The molecule has 1 heterocycles. The number of thiophene rings is 1. The van der Waals surface area contributed by atoms with Gasteiger partial charge in [0.15, 0.2) is 0 Å². The second kappa shape index (κ2) is 8.87. The summed E-state index contributed by atoms with van der Waals surface area (Å²) in [7, 11) is -2.26. The van der Waals surface area contributed by atoms with Gasteiger partial charge in [-0.25, -0.2) is 8.42 Å². The summed E-state index contributed by atoms with van der Waals surface area (Å²) in [5, 5.41) is 4.89. The Hall–Kier alpha value is -2.19. The molecule has 1 aromatic heterocycles. The van der Waals surface area contributed by atoms with Crippen LogP contribution in [0.25, 0.3) is 0 Å². The minimum atomic E-state index is -3.77. The summed E-state index contributed by atoms with van der Waals surface area (Å²) in [6.07, 6.45) is 0. The molecule has 0 saturated carbocycles. The molecule has 1 N–H and O–H groups in total. The molecule has 0 spiro atoms. The van der Waals surface area contributed by atoms with Crippen molar-refractivity contribution >= 4 is 38.9 Å². The van der Waals surface area contributed by atoms with E-state index in [1.54, 1.807) is 0 Å². The maximum atomic E-state index is 12.9. The number of carbonyl (C=O) groups is 1. The van der Waals surface area contributed by atoms with E-state index in [9.17, 15) is 13.2 Å². The summed E-state index contributed by atoms with van der Waals surface area (Å²) in [6.45, 7) is 0.587. The lowest BCUT2D eigenvalue weighted by Gasteiger charge is -2.18. The first-order valence-electron chi connectivity index (χ1n) is 8.48. The molecule has 0 aliphatic carbocycles. The summed E-state index contributed by atoms with van der Waals surface area (Å²) >= 11 is 7.67. The predicted octanol–water partition coefficient (Wildman–Crippen LogP) is 4.15. The largest absolute Gasteiger partial charge is 0.347 e. The first-order chi connectivity index (χ1) is 13.4. The zero-order valence-corrected chi connectivity index (χ0v) is 17.5. The van der Waals surface area contributed by atoms with Gasteiger partial charge in [0, 0.05) is 18.5 Å². The Morgan fingerprint density at radius 2 is 1.86 bits per heavy atom. The molecule has 0 radical (unpaired) electrons. The highest BCUT2D eigenvalue weighted by atomic mass is 35.5. The van der Waals surface area contributed by atoms with Crippen LogP contribution in [0, 0.1) is 0 Å². The molecule has 0 aliphatic heterocycles. The lowest BCUT2D eigenvalue weighted by atomic mass is 10.2. The van der Waals surface area contributed by atoms with Gasteiger partial charge in [0.25, 0.3) is 5.91 Å². The SMILES string of the molecule is CN(Cc1ccccc1)S(=O)(=O)c1ccc(Cl)c(C(=O)NCc2cccs2)c1. The molecular weight excluding hydrogens is 416 g/mol. The average Bonchev–Trinajstić information content (AvgIpc) is 3.20. The van der Waals surface area contributed by atoms with Gasteiger partial charge < -0.3 is 5.32 Å². The number of sulfonamides is 1. The molecule has 0 atom stereocenters. The summed E-state index contributed by atoms with van der Waals surface area (Å²) in [5.41, 5.74) is 1.00. The number of amides is 1. The summed E-state index contributed by atoms with van der Waals surface area (Å²) in [6, 6.07) is 17.3. The summed E-state index contributed by atoms with van der Waals surface area (Å²) in [5.74, 6) is -0.416. The van der Waals surface area contributed by atoms with Gasteiger partial charge in [-0.1, -0.05) is 48.0 Å². The third-order valence-corrected chi connectivity index (χ3v) is 7.15. The molecule has 146 valence electrons. The number of hydrogen-bond acceptors (Lipinski definition) is 4. The Kier molecular flexibility index (Phi) is 6.51. The highest BCUT2D eigenvalue weighted by molar-refractivity contribution is 7.89. The van der Waals surface area contributed by atoms with Crippen molar-refractivity contribution in [3.63, 3.8) is 0 Å². The number of rotatable bonds is 7. The smallest absolute Gasteiger partial charge is 0.253 e. The minimum Gasteiger partial charge on any atom is -0.347 e. The Bertz CT molecular complexity index is 1050. The quantitative estimate of drug-likeness (QED) is 0.607. The van der Waals surface area contributed by atoms with Crippen molar-refractivity contribution in [3.8, 4) is 0 Å². The number of hydrogen-bond donors (Lipinski definition) is 1. The van der Waals surface area contributed by atoms with Crippen molar-refractivity contribution in [2.24, 2.45) is 0 Å². The first kappa shape index (κ1) is 20.5. The van der Waals surface area contributed by atoms with Crippen LogP contribution in [0.3, 0.4) is 0 Å². The minimum absolute atomic E-state index is 0.0246. The van der Waals surface area contributed by atoms with Crippen molar-refractivity contribution in [1.29, 1.82) is 0 Å². The highest BCUT2D eigenvalue weighted by Crippen LogP contribution is 2.23. The van der Waals surface area contributed by atoms with Crippen LogP contribution >= 0.6 is 22.9 Å². The Morgan fingerprint density at radius 1 is 1.11 bits per heavy atom. The van der Waals surface area contributed by atoms with Gasteiger partial charge >= 0.3 is 0 Å². The molecule has 8 heteroatoms. The van der Waals surface area contributed by atoms with Gasteiger partial charge in [0.2, 0.25) is 10.0 Å². The molecule has 2 aromatic carbocycles. The molecule has 3 aromatic rings. The van der Waals surface area contributed by atoms with Gasteiger partial charge in [0.1, 0.15) is 0 Å². The van der Waals surface area contributed by atoms with E-state index in [0.29, 0.717) is 6.54 Å². The van der Waals surface area contributed by atoms with Crippen LogP contribution in [0.5, 0.6) is 0 Å². The summed E-state index contributed by atoms with van der Waals surface area (Å²) in [4.78, 5) is 13.5. The maximum absolute atomic E-state index is 12.9. The van der Waals surface area contributed by atoms with Crippen LogP contribution in [0.4, 0.5) is 0 Å². The van der Waals surface area contributed by atoms with Gasteiger partial charge in [-0.05, 0) is 35.2 Å². The Labute approximate surface area is 173 Å². The zero-order chi connectivity index (χ0) is 20.1. The Morgan fingerprint density at radius 3 is 2.54 bits per heavy atom. The van der Waals surface area contributed by atoms with Crippen molar-refractivity contribution < 1.29 is 13.2 Å². The second-order valence-corrected chi connectivity index (χ2v) is 9.63. The van der Waals surface area contributed by atoms with Crippen molar-refractivity contribution in [2.45, 2.75) is 18.0 Å². The van der Waals surface area contributed by atoms with Gasteiger partial charge in [-0.2, -0.15) is 4.31 Å². The van der Waals surface area contributed by atoms with E-state index in [4.69, 9.17) is 11.6 Å². The fourth-order valence-electron chi connectivity index (χ4n) is 2.62. The van der Waals surface area contributed by atoms with Crippen LogP contribution in [0.15, 0.2) is 70.9 Å². The van der Waals surface area contributed by atoms with E-state index < -0.39 is 15.9 Å². The molecule has 0 aliphatic rings. The molecule has 1 amide bonds. The van der Waals surface area contributed by atoms with Crippen LogP contribution in [-0.4, -0.2) is 25.7 Å². The summed E-state index contributed by atoms with van der Waals surface area (Å²) < 4.78 is 27.1. The third-order valence-electron chi connectivity index (χ3n) is 4.14. The molecule has 0 bridgehead atoms. The first-order valence-corrected chi connectivity index (χ1v) is 11.2. The van der Waals surface area contributed by atoms with Crippen molar-refractivity contribution in [1.82, 2.24) is 9.62 Å². The van der Waals surface area contributed by atoms with Gasteiger partial charge in [-0.3, -0.25) is 4.79 Å². The van der Waals surface area contributed by atoms with E-state index in [2.05, 4.69) is 5.32 Å².